The smallest absolute Gasteiger partial charge is 0.112 e. The van der Waals surface area contributed by atoms with E-state index in [9.17, 15) is 0 Å². The average molecular weight is 157 g/mol. The first-order valence-electron chi connectivity index (χ1n) is 4.26. The Balaban J connectivity index is 2.30. The Morgan fingerprint density at radius 1 is 1.73 bits per heavy atom. The van der Waals surface area contributed by atoms with Crippen LogP contribution in [0.4, 0.5) is 0 Å². The minimum Gasteiger partial charge on any atom is -0.364 e. The number of rotatable bonds is 3. The summed E-state index contributed by atoms with van der Waals surface area (Å²) in [5.41, 5.74) is 0. The van der Waals surface area contributed by atoms with Gasteiger partial charge in [-0.3, -0.25) is 0 Å². The minimum absolute atomic E-state index is 0.569. The molecule has 3 heteroatoms. The summed E-state index contributed by atoms with van der Waals surface area (Å²) in [5, 5.41) is 7.49. The zero-order valence-corrected chi connectivity index (χ0v) is 7.34. The van der Waals surface area contributed by atoms with Crippen molar-refractivity contribution in [2.24, 2.45) is 5.92 Å². The van der Waals surface area contributed by atoms with Gasteiger partial charge in [0.15, 0.2) is 0 Å². The van der Waals surface area contributed by atoms with Crippen molar-refractivity contribution in [1.29, 1.82) is 0 Å². The van der Waals surface area contributed by atoms with Gasteiger partial charge in [-0.1, -0.05) is 6.92 Å². The van der Waals surface area contributed by atoms with Gasteiger partial charge in [0, 0.05) is 18.5 Å². The van der Waals surface area contributed by atoms with Gasteiger partial charge in [-0.25, -0.2) is 5.32 Å². The van der Waals surface area contributed by atoms with Gasteiger partial charge in [0.1, 0.15) is 6.73 Å². The molecule has 1 N–H and O–H groups in total. The highest BCUT2D eigenvalue weighted by molar-refractivity contribution is 4.76. The highest BCUT2D eigenvalue weighted by atomic mass is 16.5. The van der Waals surface area contributed by atoms with Gasteiger partial charge in [0.2, 0.25) is 0 Å². The molecule has 0 saturated carbocycles. The largest absolute Gasteiger partial charge is 0.364 e. The van der Waals surface area contributed by atoms with Crippen LogP contribution >= 0.6 is 0 Å². The van der Waals surface area contributed by atoms with Gasteiger partial charge in [-0.15, -0.1) is 0 Å². The molecule has 1 rings (SSSR count). The molecule has 1 radical (unpaired) electrons. The third-order valence-electron chi connectivity index (χ3n) is 2.26. The number of ether oxygens (including phenoxy) is 1. The van der Waals surface area contributed by atoms with Crippen LogP contribution in [0, 0.1) is 5.92 Å². The zero-order chi connectivity index (χ0) is 8.10. The van der Waals surface area contributed by atoms with E-state index in [1.165, 1.54) is 0 Å². The molecule has 1 fully saturated rings. The van der Waals surface area contributed by atoms with Crippen LogP contribution in [0.15, 0.2) is 0 Å². The molecule has 65 valence electrons. The highest BCUT2D eigenvalue weighted by Gasteiger charge is 2.21. The van der Waals surface area contributed by atoms with Crippen LogP contribution in [0.5, 0.6) is 0 Å². The molecule has 11 heavy (non-hydrogen) atoms. The van der Waals surface area contributed by atoms with Crippen molar-refractivity contribution in [3.05, 3.63) is 0 Å². The Morgan fingerprint density at radius 3 is 3.00 bits per heavy atom. The molecule has 0 aromatic heterocycles. The van der Waals surface area contributed by atoms with Crippen molar-refractivity contribution in [3.8, 4) is 0 Å². The molecule has 1 aliphatic rings. The van der Waals surface area contributed by atoms with E-state index in [-0.39, 0.29) is 0 Å². The summed E-state index contributed by atoms with van der Waals surface area (Å²) < 4.78 is 5.26. The van der Waals surface area contributed by atoms with Crippen molar-refractivity contribution < 1.29 is 4.74 Å². The molecule has 2 atom stereocenters. The fraction of sp³-hybridized carbons (Fsp3) is 1.00. The standard InChI is InChI=1S/C8H17N2O/c1-3-8(9-2)7-4-10-6-11-5-7/h7-9H,3-6H2,1-2H3. The zero-order valence-electron chi connectivity index (χ0n) is 7.34. The lowest BCUT2D eigenvalue weighted by Gasteiger charge is -2.28. The molecule has 1 heterocycles. The van der Waals surface area contributed by atoms with Crippen LogP contribution in [0.2, 0.25) is 0 Å². The van der Waals surface area contributed by atoms with Crippen molar-refractivity contribution >= 4 is 0 Å². The van der Waals surface area contributed by atoms with Crippen LogP contribution in [-0.2, 0) is 4.74 Å². The second-order valence-corrected chi connectivity index (χ2v) is 2.97. The lowest BCUT2D eigenvalue weighted by atomic mass is 9.98. The molecular formula is C8H17N2O. The Bertz CT molecular complexity index is 98.3. The van der Waals surface area contributed by atoms with Crippen LogP contribution in [0.25, 0.3) is 0 Å². The molecule has 1 saturated heterocycles. The molecule has 0 aromatic rings. The first-order chi connectivity index (χ1) is 5.38. The fourth-order valence-electron chi connectivity index (χ4n) is 1.56. The normalized spacial score (nSPS) is 28.4. The summed E-state index contributed by atoms with van der Waals surface area (Å²) in [6.07, 6.45) is 1.15. The molecular weight excluding hydrogens is 140 g/mol. The van der Waals surface area contributed by atoms with E-state index in [0.717, 1.165) is 19.6 Å². The van der Waals surface area contributed by atoms with Gasteiger partial charge >= 0.3 is 0 Å². The molecule has 3 nitrogen and oxygen atoms in total. The maximum absolute atomic E-state index is 5.26. The first kappa shape index (κ1) is 8.97. The van der Waals surface area contributed by atoms with Gasteiger partial charge in [0.25, 0.3) is 0 Å². The van der Waals surface area contributed by atoms with E-state index in [2.05, 4.69) is 17.6 Å². The molecule has 1 aliphatic heterocycles. The quantitative estimate of drug-likeness (QED) is 0.635. The first-order valence-corrected chi connectivity index (χ1v) is 4.26. The van der Waals surface area contributed by atoms with E-state index in [1.807, 2.05) is 7.05 Å². The summed E-state index contributed by atoms with van der Waals surface area (Å²) in [6.45, 7) is 4.61. The third kappa shape index (κ3) is 2.43. The van der Waals surface area contributed by atoms with Gasteiger partial charge in [-0.2, -0.15) is 0 Å². The lowest BCUT2D eigenvalue weighted by Crippen LogP contribution is -2.43. The maximum Gasteiger partial charge on any atom is 0.112 e. The number of nitrogens with zero attached hydrogens (tertiary/aromatic N) is 1. The molecule has 0 aliphatic carbocycles. The van der Waals surface area contributed by atoms with E-state index in [1.54, 1.807) is 0 Å². The molecule has 2 unspecified atom stereocenters. The number of hydrogen-bond acceptors (Lipinski definition) is 2. The molecule has 0 bridgehead atoms. The molecule has 0 spiro atoms. The Morgan fingerprint density at radius 2 is 2.55 bits per heavy atom. The van der Waals surface area contributed by atoms with Gasteiger partial charge in [-0.05, 0) is 13.5 Å². The highest BCUT2D eigenvalue weighted by Crippen LogP contribution is 2.10. The number of hydrogen-bond donors (Lipinski definition) is 1. The lowest BCUT2D eigenvalue weighted by molar-refractivity contribution is 0.0298. The van der Waals surface area contributed by atoms with E-state index in [0.29, 0.717) is 18.7 Å². The summed E-state index contributed by atoms with van der Waals surface area (Å²) >= 11 is 0. The van der Waals surface area contributed by atoms with Crippen molar-refractivity contribution in [1.82, 2.24) is 10.6 Å². The second-order valence-electron chi connectivity index (χ2n) is 2.97. The van der Waals surface area contributed by atoms with Crippen molar-refractivity contribution in [2.45, 2.75) is 19.4 Å². The second kappa shape index (κ2) is 4.70. The maximum atomic E-state index is 5.26. The monoisotopic (exact) mass is 157 g/mol. The predicted molar refractivity (Wildman–Crippen MR) is 44.4 cm³/mol. The van der Waals surface area contributed by atoms with Crippen LogP contribution in [-0.4, -0.2) is 33.0 Å². The third-order valence-corrected chi connectivity index (χ3v) is 2.26. The Hall–Kier alpha value is -0.120. The Labute approximate surface area is 68.5 Å². The van der Waals surface area contributed by atoms with Crippen LogP contribution in [0.3, 0.4) is 0 Å². The summed E-state index contributed by atoms with van der Waals surface area (Å²) in [4.78, 5) is 0. The van der Waals surface area contributed by atoms with Crippen LogP contribution in [0.1, 0.15) is 13.3 Å². The van der Waals surface area contributed by atoms with E-state index >= 15 is 0 Å². The SMILES string of the molecule is CCC(NC)C1C[N]COC1. The van der Waals surface area contributed by atoms with E-state index in [4.69, 9.17) is 4.74 Å². The Kier molecular flexibility index (Phi) is 3.83. The summed E-state index contributed by atoms with van der Waals surface area (Å²) in [7, 11) is 2.00. The van der Waals surface area contributed by atoms with Gasteiger partial charge in [0.05, 0.1) is 6.61 Å². The summed E-state index contributed by atoms with van der Waals surface area (Å²) in [5.74, 6) is 0.582. The van der Waals surface area contributed by atoms with Crippen molar-refractivity contribution in [3.63, 3.8) is 0 Å². The number of nitrogens with one attached hydrogen (secondary N) is 1. The predicted octanol–water partition coefficient (Wildman–Crippen LogP) is 0.193. The van der Waals surface area contributed by atoms with Crippen molar-refractivity contribution in [2.75, 3.05) is 26.9 Å². The molecule has 0 amide bonds. The van der Waals surface area contributed by atoms with E-state index < -0.39 is 0 Å². The van der Waals surface area contributed by atoms with Crippen LogP contribution < -0.4 is 10.6 Å². The molecule has 0 aromatic carbocycles. The average Bonchev–Trinajstić information content (AvgIpc) is 2.09. The summed E-state index contributed by atoms with van der Waals surface area (Å²) in [6, 6.07) is 0.569. The minimum atomic E-state index is 0.569. The van der Waals surface area contributed by atoms with Gasteiger partial charge < -0.3 is 10.1 Å². The fourth-order valence-corrected chi connectivity index (χ4v) is 1.56. The topological polar surface area (TPSA) is 35.4 Å².